The molecule has 0 atom stereocenters. The highest BCUT2D eigenvalue weighted by Gasteiger charge is 2.59. The number of carbonyl (C=O) groups excluding carboxylic acids is 1. The Morgan fingerprint density at radius 1 is 1.26 bits per heavy atom. The number of rotatable bonds is 7. The number of nitrogens with zero attached hydrogens (tertiary/aromatic N) is 7. The minimum Gasteiger partial charge on any atom is -0.346 e. The van der Waals surface area contributed by atoms with Crippen molar-refractivity contribution in [2.75, 3.05) is 13.1 Å². The molecule has 1 saturated carbocycles. The van der Waals surface area contributed by atoms with Gasteiger partial charge < -0.3 is 5.32 Å². The molecule has 3 aromatic heterocycles. The lowest BCUT2D eigenvalue weighted by Gasteiger charge is -2.47. The normalized spacial score (nSPS) is 19.4. The second-order valence-corrected chi connectivity index (χ2v) is 10.3. The molecule has 0 unspecified atom stereocenters. The van der Waals surface area contributed by atoms with Gasteiger partial charge in [-0.25, -0.2) is 17.9 Å². The number of nitrogens with one attached hydrogen (secondary N) is 1. The van der Waals surface area contributed by atoms with Gasteiger partial charge in [-0.1, -0.05) is 6.07 Å². The molecule has 0 spiro atoms. The number of halogens is 3. The zero-order chi connectivity index (χ0) is 24.4. The van der Waals surface area contributed by atoms with Gasteiger partial charge in [-0.15, -0.1) is 5.10 Å². The van der Waals surface area contributed by atoms with Gasteiger partial charge in [-0.2, -0.15) is 27.8 Å². The van der Waals surface area contributed by atoms with E-state index in [1.165, 1.54) is 10.9 Å². The molecule has 5 rings (SSSR count). The molecule has 15 heteroatoms. The molecule has 2 aliphatic rings. The summed E-state index contributed by atoms with van der Waals surface area (Å²) in [6.45, 7) is -1.05. The van der Waals surface area contributed by atoms with Crippen LogP contribution in [0.5, 0.6) is 0 Å². The van der Waals surface area contributed by atoms with Gasteiger partial charge in [0, 0.05) is 24.8 Å². The molecule has 1 N–H and O–H groups in total. The fourth-order valence-corrected chi connectivity index (χ4v) is 5.24. The Morgan fingerprint density at radius 2 is 2.00 bits per heavy atom. The van der Waals surface area contributed by atoms with Crippen molar-refractivity contribution in [3.63, 3.8) is 0 Å². The minimum absolute atomic E-state index is 0.227. The predicted octanol–water partition coefficient (Wildman–Crippen LogP) is 1.10. The lowest BCUT2D eigenvalue weighted by atomic mass is 9.89. The Kier molecular flexibility index (Phi) is 4.75. The van der Waals surface area contributed by atoms with Crippen LogP contribution >= 0.6 is 0 Å². The summed E-state index contributed by atoms with van der Waals surface area (Å²) >= 11 is 0. The van der Waals surface area contributed by atoms with Crippen molar-refractivity contribution in [2.24, 2.45) is 0 Å². The average molecular weight is 494 g/mol. The summed E-state index contributed by atoms with van der Waals surface area (Å²) in [7, 11) is -5.49. The Balaban J connectivity index is 1.48. The molecule has 0 bridgehead atoms. The molecule has 34 heavy (non-hydrogen) atoms. The minimum atomic E-state index is -5.49. The van der Waals surface area contributed by atoms with Gasteiger partial charge in [0.05, 0.1) is 24.4 Å². The maximum Gasteiger partial charge on any atom is 0.511 e. The van der Waals surface area contributed by atoms with Gasteiger partial charge in [0.15, 0.2) is 11.5 Å². The van der Waals surface area contributed by atoms with Gasteiger partial charge in [0.2, 0.25) is 6.41 Å². The average Bonchev–Trinajstić information content (AvgIpc) is 3.17. The second-order valence-electron chi connectivity index (χ2n) is 8.41. The smallest absolute Gasteiger partial charge is 0.346 e. The summed E-state index contributed by atoms with van der Waals surface area (Å²) in [4.78, 5) is 15.5. The van der Waals surface area contributed by atoms with Crippen molar-refractivity contribution in [1.29, 1.82) is 5.26 Å². The highest BCUT2D eigenvalue weighted by Crippen LogP contribution is 2.44. The van der Waals surface area contributed by atoms with Crippen LogP contribution in [0.3, 0.4) is 0 Å². The standard InChI is InChI=1S/C19H17F3N8O3S/c20-19(21,22)34(32,33)28-10-17(11-28,6-7-23)29-9-13(8-25-29)14-2-1-3-15-26-16(27-30(14)15)18(4-5-18)24-12-31/h1-3,8-9,12H,4-6,10-11H2,(H,24,31). The van der Waals surface area contributed by atoms with Gasteiger partial charge >= 0.3 is 15.5 Å². The monoisotopic (exact) mass is 494 g/mol. The number of nitriles is 1. The van der Waals surface area contributed by atoms with E-state index in [2.05, 4.69) is 20.5 Å². The third-order valence-electron chi connectivity index (χ3n) is 6.22. The van der Waals surface area contributed by atoms with E-state index in [1.54, 1.807) is 28.9 Å². The van der Waals surface area contributed by atoms with Crippen molar-refractivity contribution in [3.8, 4) is 17.3 Å². The maximum absolute atomic E-state index is 12.9. The Labute approximate surface area is 190 Å². The quantitative estimate of drug-likeness (QED) is 0.486. The fraction of sp³-hybridized carbons (Fsp3) is 0.421. The van der Waals surface area contributed by atoms with E-state index < -0.39 is 39.7 Å². The van der Waals surface area contributed by atoms with Crippen LogP contribution in [0, 0.1) is 11.3 Å². The summed E-state index contributed by atoms with van der Waals surface area (Å²) in [5.74, 6) is 0.465. The van der Waals surface area contributed by atoms with Crippen LogP contribution in [0.1, 0.15) is 25.1 Å². The molecule has 0 radical (unpaired) electrons. The maximum atomic E-state index is 12.9. The van der Waals surface area contributed by atoms with Crippen molar-refractivity contribution in [2.45, 2.75) is 35.8 Å². The number of carbonyl (C=O) groups is 1. The van der Waals surface area contributed by atoms with E-state index in [4.69, 9.17) is 0 Å². The highest BCUT2D eigenvalue weighted by atomic mass is 32.2. The first-order valence-corrected chi connectivity index (χ1v) is 11.6. The largest absolute Gasteiger partial charge is 0.511 e. The van der Waals surface area contributed by atoms with Crippen LogP contribution in [-0.2, 0) is 25.9 Å². The number of alkyl halides is 3. The molecule has 1 aliphatic heterocycles. The highest BCUT2D eigenvalue weighted by molar-refractivity contribution is 7.90. The third kappa shape index (κ3) is 3.24. The second kappa shape index (κ2) is 7.24. The molecule has 178 valence electrons. The van der Waals surface area contributed by atoms with Gasteiger partial charge in [-0.05, 0) is 25.0 Å². The van der Waals surface area contributed by atoms with E-state index in [1.807, 2.05) is 6.07 Å². The SMILES string of the molecule is N#CCC1(n2cc(-c3cccc4nc(C5(NC=O)CC5)nn34)cn2)CN(S(=O)(=O)C(F)(F)F)C1. The molecule has 11 nitrogen and oxygen atoms in total. The van der Waals surface area contributed by atoms with Crippen molar-refractivity contribution in [1.82, 2.24) is 34.0 Å². The molecular weight excluding hydrogens is 477 g/mol. The first-order chi connectivity index (χ1) is 16.1. The molecule has 1 saturated heterocycles. The first-order valence-electron chi connectivity index (χ1n) is 10.1. The Bertz CT molecular complexity index is 1430. The van der Waals surface area contributed by atoms with Gasteiger partial charge in [0.25, 0.3) is 0 Å². The molecule has 4 heterocycles. The number of fused-ring (bicyclic) bond motifs is 1. The van der Waals surface area contributed by atoms with Crippen molar-refractivity contribution < 1.29 is 26.4 Å². The van der Waals surface area contributed by atoms with E-state index in [0.717, 1.165) is 0 Å². The number of sulfonamides is 1. The van der Waals surface area contributed by atoms with Crippen LogP contribution in [0.25, 0.3) is 16.9 Å². The van der Waals surface area contributed by atoms with E-state index in [9.17, 15) is 31.6 Å². The zero-order valence-electron chi connectivity index (χ0n) is 17.4. The zero-order valence-corrected chi connectivity index (χ0v) is 18.2. The van der Waals surface area contributed by atoms with E-state index in [0.29, 0.717) is 46.3 Å². The number of aromatic nitrogens is 5. The number of hydrogen-bond donors (Lipinski definition) is 1. The van der Waals surface area contributed by atoms with Crippen LogP contribution in [0.2, 0.25) is 0 Å². The van der Waals surface area contributed by atoms with Crippen molar-refractivity contribution >= 4 is 22.1 Å². The molecule has 1 aliphatic carbocycles. The molecule has 2 fully saturated rings. The van der Waals surface area contributed by atoms with Crippen LogP contribution in [-0.4, -0.2) is 62.1 Å². The Hall–Kier alpha value is -3.51. The van der Waals surface area contributed by atoms with Crippen LogP contribution < -0.4 is 5.32 Å². The van der Waals surface area contributed by atoms with E-state index >= 15 is 0 Å². The number of hydrogen-bond acceptors (Lipinski definition) is 7. The molecule has 1 amide bonds. The van der Waals surface area contributed by atoms with Crippen LogP contribution in [0.15, 0.2) is 30.6 Å². The first kappa shape index (κ1) is 22.3. The van der Waals surface area contributed by atoms with Gasteiger partial charge in [-0.3, -0.25) is 9.48 Å². The fourth-order valence-electron chi connectivity index (χ4n) is 4.12. The van der Waals surface area contributed by atoms with Gasteiger partial charge in [0.1, 0.15) is 11.1 Å². The summed E-state index contributed by atoms with van der Waals surface area (Å²) < 4.78 is 65.3. The molecule has 0 aromatic carbocycles. The summed E-state index contributed by atoms with van der Waals surface area (Å²) in [5.41, 5.74) is -5.58. The summed E-state index contributed by atoms with van der Waals surface area (Å²) in [6.07, 6.45) is 4.82. The molecular formula is C19H17F3N8O3S. The number of pyridine rings is 1. The third-order valence-corrected chi connectivity index (χ3v) is 7.74. The van der Waals surface area contributed by atoms with Crippen molar-refractivity contribution in [3.05, 3.63) is 36.4 Å². The summed E-state index contributed by atoms with van der Waals surface area (Å²) in [6, 6.07) is 7.15. The molecule has 3 aromatic rings. The summed E-state index contributed by atoms with van der Waals surface area (Å²) in [5, 5.41) is 20.8. The Morgan fingerprint density at radius 3 is 2.62 bits per heavy atom. The number of amides is 1. The topological polar surface area (TPSA) is 138 Å². The lowest BCUT2D eigenvalue weighted by Crippen LogP contribution is -2.65. The predicted molar refractivity (Wildman–Crippen MR) is 109 cm³/mol. The lowest BCUT2D eigenvalue weighted by molar-refractivity contribution is -0.110. The van der Waals surface area contributed by atoms with Crippen LogP contribution in [0.4, 0.5) is 13.2 Å². The van der Waals surface area contributed by atoms with E-state index in [-0.39, 0.29) is 6.42 Å².